The van der Waals surface area contributed by atoms with Crippen molar-refractivity contribution in [2.24, 2.45) is 0 Å². The molecule has 0 bridgehead atoms. The molecule has 4 nitrogen and oxygen atoms in total. The summed E-state index contributed by atoms with van der Waals surface area (Å²) in [6.45, 7) is 2.12. The van der Waals surface area contributed by atoms with Crippen molar-refractivity contribution in [1.82, 2.24) is 10.2 Å². The zero-order chi connectivity index (χ0) is 11.2. The predicted octanol–water partition coefficient (Wildman–Crippen LogP) is 2.50. The maximum Gasteiger partial charge on any atom is 0.148 e. The fourth-order valence-electron chi connectivity index (χ4n) is 1.52. The van der Waals surface area contributed by atoms with E-state index in [2.05, 4.69) is 22.4 Å². The number of hydrogen-bond donors (Lipinski definition) is 1. The Bertz CT molecular complexity index is 399. The minimum Gasteiger partial charge on any atom is -0.469 e. The fourth-order valence-corrected chi connectivity index (χ4v) is 1.52. The molecule has 0 fully saturated rings. The Kier molecular flexibility index (Phi) is 3.53. The Balaban J connectivity index is 1.78. The molecule has 1 unspecified atom stereocenters. The molecule has 1 N–H and O–H groups in total. The molecule has 2 rings (SSSR count). The largest absolute Gasteiger partial charge is 0.469 e. The van der Waals surface area contributed by atoms with Crippen LogP contribution in [0, 0.1) is 0 Å². The number of hydrogen-bond acceptors (Lipinski definition) is 4. The Labute approximate surface area is 94.7 Å². The summed E-state index contributed by atoms with van der Waals surface area (Å²) in [6, 6.07) is 8.04. The molecule has 0 aromatic carbocycles. The molecule has 0 aliphatic carbocycles. The number of nitrogens with one attached hydrogen (secondary N) is 1. The highest BCUT2D eigenvalue weighted by molar-refractivity contribution is 5.32. The summed E-state index contributed by atoms with van der Waals surface area (Å²) in [4.78, 5) is 0. The average Bonchev–Trinajstić information content (AvgIpc) is 2.81. The van der Waals surface area contributed by atoms with E-state index in [-0.39, 0.29) is 0 Å². The molecule has 4 heteroatoms. The van der Waals surface area contributed by atoms with Crippen molar-refractivity contribution < 1.29 is 4.42 Å². The summed E-state index contributed by atoms with van der Waals surface area (Å²) >= 11 is 0. The van der Waals surface area contributed by atoms with Crippen LogP contribution in [-0.2, 0) is 6.42 Å². The monoisotopic (exact) mass is 217 g/mol. The zero-order valence-corrected chi connectivity index (χ0v) is 9.26. The first kappa shape index (κ1) is 10.7. The Morgan fingerprint density at radius 3 is 3.00 bits per heavy atom. The summed E-state index contributed by atoms with van der Waals surface area (Å²) in [5, 5.41) is 11.1. The van der Waals surface area contributed by atoms with Gasteiger partial charge in [0.15, 0.2) is 0 Å². The molecule has 0 spiro atoms. The van der Waals surface area contributed by atoms with Crippen molar-refractivity contribution in [2.45, 2.75) is 25.8 Å². The van der Waals surface area contributed by atoms with Crippen LogP contribution in [0.1, 0.15) is 19.1 Å². The van der Waals surface area contributed by atoms with Gasteiger partial charge in [-0.05, 0) is 37.6 Å². The molecule has 2 aromatic heterocycles. The smallest absolute Gasteiger partial charge is 0.148 e. The molecule has 0 saturated carbocycles. The van der Waals surface area contributed by atoms with E-state index >= 15 is 0 Å². The van der Waals surface area contributed by atoms with Crippen LogP contribution >= 0.6 is 0 Å². The van der Waals surface area contributed by atoms with E-state index < -0.39 is 0 Å². The van der Waals surface area contributed by atoms with Gasteiger partial charge in [-0.3, -0.25) is 0 Å². The van der Waals surface area contributed by atoms with Crippen LogP contribution < -0.4 is 5.32 Å². The van der Waals surface area contributed by atoms with Crippen molar-refractivity contribution in [3.8, 4) is 0 Å². The third kappa shape index (κ3) is 3.08. The van der Waals surface area contributed by atoms with Gasteiger partial charge in [-0.15, -0.1) is 5.10 Å². The molecule has 16 heavy (non-hydrogen) atoms. The van der Waals surface area contributed by atoms with Crippen molar-refractivity contribution in [3.63, 3.8) is 0 Å². The van der Waals surface area contributed by atoms with E-state index in [0.29, 0.717) is 6.04 Å². The SMILES string of the molecule is CC(CCc1ccco1)Nc1cccnn1. The maximum atomic E-state index is 5.28. The maximum absolute atomic E-state index is 5.28. The number of aromatic nitrogens is 2. The highest BCUT2D eigenvalue weighted by atomic mass is 16.3. The average molecular weight is 217 g/mol. The fraction of sp³-hybridized carbons (Fsp3) is 0.333. The van der Waals surface area contributed by atoms with Crippen LogP contribution in [0.3, 0.4) is 0 Å². The van der Waals surface area contributed by atoms with E-state index in [4.69, 9.17) is 4.42 Å². The summed E-state index contributed by atoms with van der Waals surface area (Å²) < 4.78 is 5.28. The lowest BCUT2D eigenvalue weighted by atomic mass is 10.1. The molecule has 0 aliphatic heterocycles. The quantitative estimate of drug-likeness (QED) is 0.836. The Hall–Kier alpha value is -1.84. The summed E-state index contributed by atoms with van der Waals surface area (Å²) in [5.41, 5.74) is 0. The number of rotatable bonds is 5. The molecule has 2 aromatic rings. The molecule has 0 amide bonds. The van der Waals surface area contributed by atoms with Gasteiger partial charge >= 0.3 is 0 Å². The van der Waals surface area contributed by atoms with E-state index in [1.807, 2.05) is 24.3 Å². The van der Waals surface area contributed by atoms with Crippen molar-refractivity contribution in [1.29, 1.82) is 0 Å². The lowest BCUT2D eigenvalue weighted by Gasteiger charge is -2.12. The van der Waals surface area contributed by atoms with Gasteiger partial charge in [0.1, 0.15) is 11.6 Å². The van der Waals surface area contributed by atoms with Crippen LogP contribution in [-0.4, -0.2) is 16.2 Å². The first-order valence-corrected chi connectivity index (χ1v) is 5.41. The number of furan rings is 1. The van der Waals surface area contributed by atoms with Crippen LogP contribution in [0.5, 0.6) is 0 Å². The van der Waals surface area contributed by atoms with Gasteiger partial charge < -0.3 is 9.73 Å². The van der Waals surface area contributed by atoms with E-state index in [1.165, 1.54) is 0 Å². The molecule has 0 radical (unpaired) electrons. The van der Waals surface area contributed by atoms with Crippen LogP contribution in [0.15, 0.2) is 41.1 Å². The molecule has 0 aliphatic rings. The van der Waals surface area contributed by atoms with Gasteiger partial charge in [-0.2, -0.15) is 5.10 Å². The summed E-state index contributed by atoms with van der Waals surface area (Å²) in [6.07, 6.45) is 5.31. The van der Waals surface area contributed by atoms with Crippen molar-refractivity contribution in [3.05, 3.63) is 42.5 Å². The van der Waals surface area contributed by atoms with E-state index in [1.54, 1.807) is 12.5 Å². The van der Waals surface area contributed by atoms with Gasteiger partial charge in [-0.25, -0.2) is 0 Å². The number of nitrogens with zero attached hydrogens (tertiary/aromatic N) is 2. The molecule has 1 atom stereocenters. The normalized spacial score (nSPS) is 12.3. The molecule has 84 valence electrons. The highest BCUT2D eigenvalue weighted by Gasteiger charge is 2.04. The summed E-state index contributed by atoms with van der Waals surface area (Å²) in [7, 11) is 0. The lowest BCUT2D eigenvalue weighted by Crippen LogP contribution is -2.16. The predicted molar refractivity (Wildman–Crippen MR) is 62.1 cm³/mol. The highest BCUT2D eigenvalue weighted by Crippen LogP contribution is 2.09. The van der Waals surface area contributed by atoms with E-state index in [0.717, 1.165) is 24.4 Å². The zero-order valence-electron chi connectivity index (χ0n) is 9.26. The topological polar surface area (TPSA) is 51.0 Å². The first-order chi connectivity index (χ1) is 7.84. The second-order valence-corrected chi connectivity index (χ2v) is 3.77. The van der Waals surface area contributed by atoms with Gasteiger partial charge in [0.25, 0.3) is 0 Å². The Morgan fingerprint density at radius 2 is 2.31 bits per heavy atom. The third-order valence-electron chi connectivity index (χ3n) is 2.37. The van der Waals surface area contributed by atoms with Crippen LogP contribution in [0.25, 0.3) is 0 Å². The molecular formula is C12H15N3O. The van der Waals surface area contributed by atoms with Gasteiger partial charge in [-0.1, -0.05) is 0 Å². The number of anilines is 1. The first-order valence-electron chi connectivity index (χ1n) is 5.41. The molecule has 0 saturated heterocycles. The Morgan fingerprint density at radius 1 is 1.38 bits per heavy atom. The van der Waals surface area contributed by atoms with Crippen molar-refractivity contribution >= 4 is 5.82 Å². The van der Waals surface area contributed by atoms with Gasteiger partial charge in [0, 0.05) is 18.7 Å². The molecular weight excluding hydrogens is 202 g/mol. The second-order valence-electron chi connectivity index (χ2n) is 3.77. The molecule has 2 heterocycles. The third-order valence-corrected chi connectivity index (χ3v) is 2.37. The van der Waals surface area contributed by atoms with Gasteiger partial charge in [0.05, 0.1) is 6.26 Å². The van der Waals surface area contributed by atoms with Gasteiger partial charge in [0.2, 0.25) is 0 Å². The summed E-state index contributed by atoms with van der Waals surface area (Å²) in [5.74, 6) is 1.84. The lowest BCUT2D eigenvalue weighted by molar-refractivity contribution is 0.494. The van der Waals surface area contributed by atoms with Crippen LogP contribution in [0.2, 0.25) is 0 Å². The van der Waals surface area contributed by atoms with E-state index in [9.17, 15) is 0 Å². The van der Waals surface area contributed by atoms with Crippen molar-refractivity contribution in [2.75, 3.05) is 5.32 Å². The minimum absolute atomic E-state index is 0.349. The second kappa shape index (κ2) is 5.30. The standard InChI is InChI=1S/C12H15N3O/c1-10(6-7-11-4-3-9-16-11)14-12-5-2-8-13-15-12/h2-5,8-10H,6-7H2,1H3,(H,14,15). The minimum atomic E-state index is 0.349. The van der Waals surface area contributed by atoms with Crippen LogP contribution in [0.4, 0.5) is 5.82 Å². The number of aryl methyl sites for hydroxylation is 1.